The lowest BCUT2D eigenvalue weighted by molar-refractivity contribution is 0.0651. The van der Waals surface area contributed by atoms with Crippen LogP contribution in [-0.4, -0.2) is 29.7 Å². The number of rotatable bonds is 3. The van der Waals surface area contributed by atoms with E-state index in [0.29, 0.717) is 11.1 Å². The maximum Gasteiger partial charge on any atom is 0.253 e. The monoisotopic (exact) mass is 228 g/mol. The molecule has 0 spiro atoms. The zero-order valence-corrected chi connectivity index (χ0v) is 9.35. The predicted octanol–water partition coefficient (Wildman–Crippen LogP) is 1.63. The zero-order valence-electron chi connectivity index (χ0n) is 9.35. The molecule has 86 valence electrons. The summed E-state index contributed by atoms with van der Waals surface area (Å²) in [7, 11) is 0. The van der Waals surface area contributed by atoms with E-state index in [4.69, 9.17) is 5.26 Å². The summed E-state index contributed by atoms with van der Waals surface area (Å²) in [6, 6.07) is 8.31. The van der Waals surface area contributed by atoms with E-state index in [1.54, 1.807) is 29.2 Å². The zero-order chi connectivity index (χ0) is 12.3. The molecule has 1 aromatic rings. The number of carbonyl (C=O) groups excluding carboxylic acids is 2. The van der Waals surface area contributed by atoms with Gasteiger partial charge in [0.05, 0.1) is 12.5 Å². The van der Waals surface area contributed by atoms with Crippen molar-refractivity contribution < 1.29 is 9.59 Å². The highest BCUT2D eigenvalue weighted by Crippen LogP contribution is 2.13. The normalized spacial score (nSPS) is 13.7. The second-order valence-electron chi connectivity index (χ2n) is 3.98. The minimum Gasteiger partial charge on any atom is -0.339 e. The number of likely N-dealkylation sites (tertiary alicyclic amines) is 1. The number of hydrogen-bond donors (Lipinski definition) is 0. The van der Waals surface area contributed by atoms with Crippen molar-refractivity contribution >= 4 is 11.7 Å². The van der Waals surface area contributed by atoms with Crippen LogP contribution in [0.25, 0.3) is 0 Å². The summed E-state index contributed by atoms with van der Waals surface area (Å²) in [6.45, 7) is 1.63. The Bertz CT molecular complexity index is 481. The van der Waals surface area contributed by atoms with Crippen LogP contribution in [0.5, 0.6) is 0 Å². The number of hydrogen-bond acceptors (Lipinski definition) is 3. The lowest BCUT2D eigenvalue weighted by Gasteiger charge is -2.30. The molecule has 1 aliphatic rings. The van der Waals surface area contributed by atoms with Gasteiger partial charge in [-0.15, -0.1) is 0 Å². The summed E-state index contributed by atoms with van der Waals surface area (Å²) in [5.41, 5.74) is 1.07. The van der Waals surface area contributed by atoms with E-state index in [-0.39, 0.29) is 18.1 Å². The van der Waals surface area contributed by atoms with Crippen molar-refractivity contribution in [2.45, 2.75) is 12.8 Å². The molecule has 0 aliphatic carbocycles. The van der Waals surface area contributed by atoms with Gasteiger partial charge in [-0.1, -0.05) is 12.1 Å². The number of amides is 1. The minimum atomic E-state index is -0.213. The first-order valence-corrected chi connectivity index (χ1v) is 5.52. The first kappa shape index (κ1) is 11.3. The van der Waals surface area contributed by atoms with Crippen LogP contribution < -0.4 is 0 Å². The first-order valence-electron chi connectivity index (χ1n) is 5.52. The van der Waals surface area contributed by atoms with Gasteiger partial charge in [-0.2, -0.15) is 5.26 Å². The first-order chi connectivity index (χ1) is 8.22. The van der Waals surface area contributed by atoms with Gasteiger partial charge < -0.3 is 4.90 Å². The Labute approximate surface area is 99.5 Å². The lowest BCUT2D eigenvalue weighted by Crippen LogP contribution is -2.41. The van der Waals surface area contributed by atoms with Crippen LogP contribution in [0.2, 0.25) is 0 Å². The molecule has 0 radical (unpaired) electrons. The molecule has 0 aromatic heterocycles. The van der Waals surface area contributed by atoms with Crippen molar-refractivity contribution in [1.82, 2.24) is 4.90 Å². The van der Waals surface area contributed by atoms with Crippen LogP contribution in [-0.2, 0) is 0 Å². The predicted molar refractivity (Wildman–Crippen MR) is 61.5 cm³/mol. The summed E-state index contributed by atoms with van der Waals surface area (Å²) >= 11 is 0. The maximum absolute atomic E-state index is 11.8. The molecule has 4 heteroatoms. The molecular formula is C13H12N2O2. The molecule has 4 nitrogen and oxygen atoms in total. The number of Topliss-reactive ketones (excluding diaryl/α,β-unsaturated/α-hetero) is 1. The molecule has 0 N–H and O–H groups in total. The highest BCUT2D eigenvalue weighted by atomic mass is 16.2. The summed E-state index contributed by atoms with van der Waals surface area (Å²) < 4.78 is 0. The molecule has 1 aliphatic heterocycles. The molecule has 2 rings (SSSR count). The molecular weight excluding hydrogens is 216 g/mol. The largest absolute Gasteiger partial charge is 0.339 e. The molecule has 0 atom stereocenters. The maximum atomic E-state index is 11.8. The third-order valence-electron chi connectivity index (χ3n) is 2.84. The molecule has 0 saturated carbocycles. The number of carbonyl (C=O) groups is 2. The average molecular weight is 228 g/mol. The molecule has 1 fully saturated rings. The highest BCUT2D eigenvalue weighted by Gasteiger charge is 2.21. The van der Waals surface area contributed by atoms with Gasteiger partial charge in [0, 0.05) is 24.2 Å². The van der Waals surface area contributed by atoms with Gasteiger partial charge in [0.15, 0.2) is 5.78 Å². The summed E-state index contributed by atoms with van der Waals surface area (Å²) in [5, 5.41) is 8.42. The van der Waals surface area contributed by atoms with E-state index in [9.17, 15) is 9.59 Å². The van der Waals surface area contributed by atoms with E-state index in [1.165, 1.54) is 0 Å². The van der Waals surface area contributed by atoms with E-state index < -0.39 is 0 Å². The molecule has 1 amide bonds. The van der Waals surface area contributed by atoms with Gasteiger partial charge >= 0.3 is 0 Å². The number of nitrogens with zero attached hydrogens (tertiary/aromatic N) is 2. The number of benzene rings is 1. The molecule has 0 bridgehead atoms. The van der Waals surface area contributed by atoms with Crippen LogP contribution in [0.1, 0.15) is 33.6 Å². The fraction of sp³-hybridized carbons (Fsp3) is 0.308. The fourth-order valence-electron chi connectivity index (χ4n) is 1.67. The van der Waals surface area contributed by atoms with Crippen LogP contribution >= 0.6 is 0 Å². The molecule has 17 heavy (non-hydrogen) atoms. The lowest BCUT2D eigenvalue weighted by atomic mass is 10.0. The second kappa shape index (κ2) is 4.79. The summed E-state index contributed by atoms with van der Waals surface area (Å²) in [5.74, 6) is -0.203. The smallest absolute Gasteiger partial charge is 0.253 e. The van der Waals surface area contributed by atoms with Crippen molar-refractivity contribution in [3.8, 4) is 6.07 Å². The van der Waals surface area contributed by atoms with Gasteiger partial charge in [-0.25, -0.2) is 0 Å². The quantitative estimate of drug-likeness (QED) is 0.739. The fourth-order valence-corrected chi connectivity index (χ4v) is 1.67. The van der Waals surface area contributed by atoms with Gasteiger partial charge in [0.1, 0.15) is 0 Å². The molecule has 0 unspecified atom stereocenters. The van der Waals surface area contributed by atoms with Crippen LogP contribution in [0.15, 0.2) is 24.3 Å². The van der Waals surface area contributed by atoms with Gasteiger partial charge in [0.25, 0.3) is 5.91 Å². The number of ketones is 1. The van der Waals surface area contributed by atoms with Crippen molar-refractivity contribution in [2.24, 2.45) is 0 Å². The Hall–Kier alpha value is -2.15. The highest BCUT2D eigenvalue weighted by molar-refractivity contribution is 5.99. The number of nitriles is 1. The molecule has 1 aromatic carbocycles. The van der Waals surface area contributed by atoms with E-state index >= 15 is 0 Å². The van der Waals surface area contributed by atoms with Gasteiger partial charge in [0.2, 0.25) is 0 Å². The standard InChI is InChI=1S/C13H12N2O2/c14-7-6-12(16)10-2-4-11(5-3-10)13(17)15-8-1-9-15/h2-5H,1,6,8-9H2. The van der Waals surface area contributed by atoms with E-state index in [2.05, 4.69) is 0 Å². The third-order valence-corrected chi connectivity index (χ3v) is 2.84. The molecule has 1 saturated heterocycles. The van der Waals surface area contributed by atoms with Crippen molar-refractivity contribution in [2.75, 3.05) is 13.1 Å². The Balaban J connectivity index is 2.10. The van der Waals surface area contributed by atoms with Crippen LogP contribution in [0.4, 0.5) is 0 Å². The summed E-state index contributed by atoms with van der Waals surface area (Å²) in [4.78, 5) is 25.0. The Morgan fingerprint density at radius 1 is 1.18 bits per heavy atom. The van der Waals surface area contributed by atoms with E-state index in [1.807, 2.05) is 6.07 Å². The van der Waals surface area contributed by atoms with E-state index in [0.717, 1.165) is 19.5 Å². The average Bonchev–Trinajstić information content (AvgIpc) is 2.27. The Morgan fingerprint density at radius 2 is 1.76 bits per heavy atom. The summed E-state index contributed by atoms with van der Waals surface area (Å²) in [6.07, 6.45) is 0.934. The Morgan fingerprint density at radius 3 is 2.24 bits per heavy atom. The van der Waals surface area contributed by atoms with Crippen molar-refractivity contribution in [1.29, 1.82) is 5.26 Å². The molecule has 1 heterocycles. The van der Waals surface area contributed by atoms with Crippen LogP contribution in [0.3, 0.4) is 0 Å². The second-order valence-corrected chi connectivity index (χ2v) is 3.98. The van der Waals surface area contributed by atoms with Crippen molar-refractivity contribution in [3.63, 3.8) is 0 Å². The third kappa shape index (κ3) is 2.34. The topological polar surface area (TPSA) is 61.2 Å². The van der Waals surface area contributed by atoms with Crippen LogP contribution in [0, 0.1) is 11.3 Å². The van der Waals surface area contributed by atoms with Crippen molar-refractivity contribution in [3.05, 3.63) is 35.4 Å². The SMILES string of the molecule is N#CCC(=O)c1ccc(C(=O)N2CCC2)cc1. The van der Waals surface area contributed by atoms with Gasteiger partial charge in [-0.05, 0) is 18.6 Å². The Kier molecular flexibility index (Phi) is 3.20. The van der Waals surface area contributed by atoms with Gasteiger partial charge in [-0.3, -0.25) is 9.59 Å². The minimum absolute atomic E-state index is 0.00975.